The second-order valence-electron chi connectivity index (χ2n) is 7.23. The van der Waals surface area contributed by atoms with Crippen LogP contribution in [0.5, 0.6) is 0 Å². The third kappa shape index (κ3) is 4.62. The highest BCUT2D eigenvalue weighted by molar-refractivity contribution is 7.89. The topological polar surface area (TPSA) is 104 Å². The summed E-state index contributed by atoms with van der Waals surface area (Å²) in [6, 6.07) is 5.17. The second kappa shape index (κ2) is 7.75. The summed E-state index contributed by atoms with van der Waals surface area (Å²) >= 11 is 0. The average molecular weight is 382 g/mol. The zero-order chi connectivity index (χ0) is 19.5. The monoisotopic (exact) mass is 382 g/mol. The zero-order valence-electron chi connectivity index (χ0n) is 15.4. The van der Waals surface area contributed by atoms with Gasteiger partial charge in [0, 0.05) is 24.5 Å². The highest BCUT2D eigenvalue weighted by Gasteiger charge is 2.33. The molecule has 2 N–H and O–H groups in total. The number of sulfonamides is 1. The first-order valence-corrected chi connectivity index (χ1v) is 10.2. The van der Waals surface area contributed by atoms with Crippen LogP contribution in [0.3, 0.4) is 0 Å². The van der Waals surface area contributed by atoms with Crippen molar-refractivity contribution in [3.63, 3.8) is 0 Å². The van der Waals surface area contributed by atoms with Gasteiger partial charge in [0.2, 0.25) is 15.9 Å². The van der Waals surface area contributed by atoms with Crippen LogP contribution in [0, 0.1) is 5.92 Å². The van der Waals surface area contributed by atoms with Crippen molar-refractivity contribution in [2.24, 2.45) is 5.92 Å². The number of carboxylic acid groups (broad SMARTS) is 1. The summed E-state index contributed by atoms with van der Waals surface area (Å²) < 4.78 is 26.8. The molecular weight excluding hydrogens is 356 g/mol. The number of hydrogen-bond donors (Lipinski definition) is 2. The molecule has 1 amide bonds. The second-order valence-corrected chi connectivity index (χ2v) is 9.17. The van der Waals surface area contributed by atoms with Gasteiger partial charge in [-0.3, -0.25) is 4.79 Å². The number of benzene rings is 1. The van der Waals surface area contributed by atoms with Gasteiger partial charge in [0.1, 0.15) is 0 Å². The average Bonchev–Trinajstić information content (AvgIpc) is 2.61. The van der Waals surface area contributed by atoms with Crippen LogP contribution < -0.4 is 5.32 Å². The van der Waals surface area contributed by atoms with Gasteiger partial charge in [-0.25, -0.2) is 13.2 Å². The number of piperidine rings is 1. The molecule has 1 aromatic carbocycles. The predicted molar refractivity (Wildman–Crippen MR) is 97.4 cm³/mol. The lowest BCUT2D eigenvalue weighted by molar-refractivity contribution is -0.127. The van der Waals surface area contributed by atoms with Crippen molar-refractivity contribution in [1.29, 1.82) is 0 Å². The fraction of sp³-hybridized carbons (Fsp3) is 0.556. The minimum absolute atomic E-state index is 0.0280. The lowest BCUT2D eigenvalue weighted by Crippen LogP contribution is -2.48. The van der Waals surface area contributed by atoms with Crippen LogP contribution in [0.15, 0.2) is 29.2 Å². The Bertz CT molecular complexity index is 763. The van der Waals surface area contributed by atoms with E-state index in [2.05, 4.69) is 5.32 Å². The van der Waals surface area contributed by atoms with Crippen LogP contribution in [0.2, 0.25) is 0 Å². The Balaban J connectivity index is 2.02. The summed E-state index contributed by atoms with van der Waals surface area (Å²) in [5.74, 6) is -1.32. The quantitative estimate of drug-likeness (QED) is 0.784. The molecule has 0 spiro atoms. The fourth-order valence-electron chi connectivity index (χ4n) is 2.80. The number of rotatable bonds is 6. The highest BCUT2D eigenvalue weighted by atomic mass is 32.2. The first kappa shape index (κ1) is 20.4. The Labute approximate surface area is 154 Å². The van der Waals surface area contributed by atoms with Crippen molar-refractivity contribution < 1.29 is 23.1 Å². The molecule has 0 bridgehead atoms. The van der Waals surface area contributed by atoms with Gasteiger partial charge in [-0.2, -0.15) is 4.31 Å². The highest BCUT2D eigenvalue weighted by Crippen LogP contribution is 2.25. The van der Waals surface area contributed by atoms with Crippen molar-refractivity contribution in [1.82, 2.24) is 9.62 Å². The molecule has 26 heavy (non-hydrogen) atoms. The molecule has 1 saturated heterocycles. The Morgan fingerprint density at radius 1 is 1.19 bits per heavy atom. The maximum atomic E-state index is 12.7. The molecule has 0 aromatic heterocycles. The van der Waals surface area contributed by atoms with Crippen molar-refractivity contribution in [2.75, 3.05) is 13.1 Å². The van der Waals surface area contributed by atoms with Gasteiger partial charge >= 0.3 is 5.97 Å². The number of nitrogens with one attached hydrogen (secondary N) is 1. The lowest BCUT2D eigenvalue weighted by atomic mass is 9.94. The summed E-state index contributed by atoms with van der Waals surface area (Å²) in [6.45, 7) is 6.48. The van der Waals surface area contributed by atoms with E-state index in [4.69, 9.17) is 5.11 Å². The van der Waals surface area contributed by atoms with Crippen LogP contribution >= 0.6 is 0 Å². The van der Waals surface area contributed by atoms with Crippen LogP contribution in [-0.4, -0.2) is 48.3 Å². The maximum Gasteiger partial charge on any atom is 0.335 e. The Hall–Kier alpha value is -1.93. The van der Waals surface area contributed by atoms with E-state index in [1.807, 2.05) is 20.8 Å². The van der Waals surface area contributed by atoms with Gasteiger partial charge in [-0.05, 0) is 57.4 Å². The van der Waals surface area contributed by atoms with Gasteiger partial charge < -0.3 is 10.4 Å². The molecule has 144 valence electrons. The van der Waals surface area contributed by atoms with E-state index in [9.17, 15) is 18.0 Å². The van der Waals surface area contributed by atoms with E-state index in [1.165, 1.54) is 28.6 Å². The van der Waals surface area contributed by atoms with Gasteiger partial charge in [-0.1, -0.05) is 6.92 Å². The number of aromatic carboxylic acids is 1. The van der Waals surface area contributed by atoms with Gasteiger partial charge in [0.05, 0.1) is 10.5 Å². The van der Waals surface area contributed by atoms with Crippen LogP contribution in [-0.2, 0) is 14.8 Å². The molecule has 2 rings (SSSR count). The maximum absolute atomic E-state index is 12.7. The lowest BCUT2D eigenvalue weighted by Gasteiger charge is -2.33. The number of carbonyl (C=O) groups excluding carboxylic acids is 1. The van der Waals surface area contributed by atoms with Crippen molar-refractivity contribution >= 4 is 21.9 Å². The molecule has 0 saturated carbocycles. The third-order valence-electron chi connectivity index (χ3n) is 4.91. The minimum Gasteiger partial charge on any atom is -0.478 e. The summed E-state index contributed by atoms with van der Waals surface area (Å²) in [5.41, 5.74) is -0.232. The summed E-state index contributed by atoms with van der Waals surface area (Å²) in [6.07, 6.45) is 1.76. The fourth-order valence-corrected chi connectivity index (χ4v) is 4.27. The number of nitrogens with zero attached hydrogens (tertiary/aromatic N) is 1. The van der Waals surface area contributed by atoms with Crippen molar-refractivity contribution in [3.8, 4) is 0 Å². The smallest absolute Gasteiger partial charge is 0.335 e. The molecule has 0 aliphatic carbocycles. The third-order valence-corrected chi connectivity index (χ3v) is 6.82. The summed E-state index contributed by atoms with van der Waals surface area (Å²) in [7, 11) is -3.68. The summed E-state index contributed by atoms with van der Waals surface area (Å²) in [4.78, 5) is 23.3. The SMILES string of the molecule is CCC(C)(C)NC(=O)C1CCN(S(=O)(=O)c2ccc(C(=O)O)cc2)CC1. The van der Waals surface area contributed by atoms with Crippen LogP contribution in [0.4, 0.5) is 0 Å². The van der Waals surface area contributed by atoms with Gasteiger partial charge in [-0.15, -0.1) is 0 Å². The molecule has 1 aromatic rings. The van der Waals surface area contributed by atoms with E-state index >= 15 is 0 Å². The Kier molecular flexibility index (Phi) is 6.08. The molecule has 7 nitrogen and oxygen atoms in total. The first-order chi connectivity index (χ1) is 12.1. The molecule has 0 radical (unpaired) electrons. The Morgan fingerprint density at radius 2 is 1.73 bits per heavy atom. The van der Waals surface area contributed by atoms with E-state index < -0.39 is 16.0 Å². The largest absolute Gasteiger partial charge is 0.478 e. The molecule has 0 atom stereocenters. The van der Waals surface area contributed by atoms with E-state index in [-0.39, 0.29) is 40.9 Å². The van der Waals surface area contributed by atoms with Crippen LogP contribution in [0.25, 0.3) is 0 Å². The normalized spacial score (nSPS) is 17.0. The molecule has 1 aliphatic rings. The number of carbonyl (C=O) groups is 2. The number of hydrogen-bond acceptors (Lipinski definition) is 4. The molecule has 8 heteroatoms. The molecule has 1 aliphatic heterocycles. The predicted octanol–water partition coefficient (Wildman–Crippen LogP) is 2.09. The summed E-state index contributed by atoms with van der Waals surface area (Å²) in [5, 5.41) is 11.9. The van der Waals surface area contributed by atoms with E-state index in [1.54, 1.807) is 0 Å². The van der Waals surface area contributed by atoms with Gasteiger partial charge in [0.25, 0.3) is 0 Å². The zero-order valence-corrected chi connectivity index (χ0v) is 16.2. The van der Waals surface area contributed by atoms with Crippen molar-refractivity contribution in [3.05, 3.63) is 29.8 Å². The molecule has 0 unspecified atom stereocenters. The van der Waals surface area contributed by atoms with E-state index in [0.29, 0.717) is 12.8 Å². The number of amides is 1. The first-order valence-electron chi connectivity index (χ1n) is 8.72. The van der Waals surface area contributed by atoms with Crippen LogP contribution in [0.1, 0.15) is 50.4 Å². The Morgan fingerprint density at radius 3 is 2.19 bits per heavy atom. The molecular formula is C18H26N2O5S. The molecule has 1 heterocycles. The standard InChI is InChI=1S/C18H26N2O5S/c1-4-18(2,3)19-16(21)13-9-11-20(12-10-13)26(24,25)15-7-5-14(6-8-15)17(22)23/h5-8,13H,4,9-12H2,1-3H3,(H,19,21)(H,22,23). The number of carboxylic acids is 1. The van der Waals surface area contributed by atoms with Gasteiger partial charge in [0.15, 0.2) is 0 Å². The molecule has 1 fully saturated rings. The van der Waals surface area contributed by atoms with E-state index in [0.717, 1.165) is 6.42 Å². The van der Waals surface area contributed by atoms with Crippen molar-refractivity contribution in [2.45, 2.75) is 50.5 Å². The minimum atomic E-state index is -3.68.